The Kier molecular flexibility index (Phi) is 7.57. The molecule has 0 spiro atoms. The summed E-state index contributed by atoms with van der Waals surface area (Å²) in [4.78, 5) is 27.0. The monoisotopic (exact) mass is 482 g/mol. The first kappa shape index (κ1) is 24.5. The molecule has 1 amide bonds. The Hall–Kier alpha value is -3.15. The number of hydrogen-bond acceptors (Lipinski definition) is 7. The summed E-state index contributed by atoms with van der Waals surface area (Å²) in [6, 6.07) is 11.7. The van der Waals surface area contributed by atoms with Gasteiger partial charge < -0.3 is 9.47 Å². The predicted molar refractivity (Wildman–Crippen MR) is 133 cm³/mol. The Balaban J connectivity index is 1.95. The number of nitriles is 1. The van der Waals surface area contributed by atoms with Gasteiger partial charge in [-0.3, -0.25) is 5.32 Å². The Morgan fingerprint density at radius 3 is 2.33 bits per heavy atom. The van der Waals surface area contributed by atoms with Gasteiger partial charge in [0.15, 0.2) is 0 Å². The molecule has 0 aliphatic heterocycles. The molecule has 8 heteroatoms. The van der Waals surface area contributed by atoms with Gasteiger partial charge in [-0.1, -0.05) is 31.2 Å². The molecule has 172 valence electrons. The van der Waals surface area contributed by atoms with E-state index in [0.717, 1.165) is 20.9 Å². The highest BCUT2D eigenvalue weighted by Gasteiger charge is 2.24. The normalized spacial score (nSPS) is 11.0. The van der Waals surface area contributed by atoms with Crippen LogP contribution in [0.2, 0.25) is 0 Å². The fourth-order valence-corrected chi connectivity index (χ4v) is 5.26. The summed E-state index contributed by atoms with van der Waals surface area (Å²) in [6.07, 6.45) is 0.148. The van der Waals surface area contributed by atoms with Crippen molar-refractivity contribution in [2.45, 2.75) is 46.6 Å². The molecule has 2 aromatic heterocycles. The average Bonchev–Trinajstić information content (AvgIpc) is 3.36. The summed E-state index contributed by atoms with van der Waals surface area (Å²) in [7, 11) is 0. The minimum absolute atomic E-state index is 0.268. The van der Waals surface area contributed by atoms with Crippen LogP contribution in [0.15, 0.2) is 35.7 Å². The zero-order valence-corrected chi connectivity index (χ0v) is 20.9. The van der Waals surface area contributed by atoms with Crippen molar-refractivity contribution in [2.75, 3.05) is 11.9 Å². The topological polar surface area (TPSA) is 88.4 Å². The zero-order valence-electron chi connectivity index (χ0n) is 19.3. The van der Waals surface area contributed by atoms with Gasteiger partial charge in [-0.05, 0) is 56.7 Å². The molecular weight excluding hydrogens is 456 g/mol. The highest BCUT2D eigenvalue weighted by Crippen LogP contribution is 2.40. The summed E-state index contributed by atoms with van der Waals surface area (Å²) in [6.45, 7) is 9.43. The van der Waals surface area contributed by atoms with Crippen molar-refractivity contribution in [3.63, 3.8) is 0 Å². The Labute approximate surface area is 201 Å². The van der Waals surface area contributed by atoms with Gasteiger partial charge in [-0.25, -0.2) is 9.59 Å². The molecule has 3 aromatic rings. The molecule has 0 fully saturated rings. The first-order valence-electron chi connectivity index (χ1n) is 10.6. The molecule has 0 bridgehead atoms. The molecule has 0 saturated carbocycles. The maximum Gasteiger partial charge on any atom is 0.412 e. The van der Waals surface area contributed by atoms with Crippen LogP contribution in [0.4, 0.5) is 10.5 Å². The number of aryl methyl sites for hydroxylation is 1. The second kappa shape index (κ2) is 10.2. The Morgan fingerprint density at radius 1 is 1.09 bits per heavy atom. The van der Waals surface area contributed by atoms with Crippen LogP contribution in [0.25, 0.3) is 21.6 Å². The molecule has 0 radical (unpaired) electrons. The summed E-state index contributed by atoms with van der Waals surface area (Å²) in [5.41, 5.74) is 2.88. The lowest BCUT2D eigenvalue weighted by Gasteiger charge is -2.19. The molecule has 0 unspecified atom stereocenters. The van der Waals surface area contributed by atoms with Gasteiger partial charge in [-0.15, -0.1) is 22.7 Å². The molecule has 2 heterocycles. The average molecular weight is 483 g/mol. The molecule has 0 saturated heterocycles. The van der Waals surface area contributed by atoms with Gasteiger partial charge in [-0.2, -0.15) is 5.26 Å². The number of rotatable bonds is 6. The van der Waals surface area contributed by atoms with Crippen LogP contribution in [0.5, 0.6) is 0 Å². The SMILES string of the molecule is CCOC(=O)c1sc(CC)c(C#N)c1-c1ccc(-c2sccc2NC(=O)OC(C)(C)C)cc1. The number of nitrogens with one attached hydrogen (secondary N) is 1. The standard InChI is InChI=1S/C25H26N2O4S2/c1-6-19-17(14-26)20(22(33-19)23(28)30-7-2)15-8-10-16(11-9-15)21-18(12-13-32-21)27-24(29)31-25(3,4)5/h8-13H,6-7H2,1-5H3,(H,27,29). The van der Waals surface area contributed by atoms with E-state index in [1.807, 2.05) is 63.4 Å². The van der Waals surface area contributed by atoms with E-state index < -0.39 is 17.7 Å². The van der Waals surface area contributed by atoms with E-state index in [0.29, 0.717) is 28.1 Å². The van der Waals surface area contributed by atoms with E-state index in [1.54, 1.807) is 6.92 Å². The minimum Gasteiger partial charge on any atom is -0.462 e. The smallest absolute Gasteiger partial charge is 0.412 e. The maximum absolute atomic E-state index is 12.6. The Bertz CT molecular complexity index is 1190. The molecule has 3 rings (SSSR count). The van der Waals surface area contributed by atoms with Gasteiger partial charge >= 0.3 is 12.1 Å². The summed E-state index contributed by atoms with van der Waals surface area (Å²) in [5.74, 6) is -0.417. The molecule has 0 aliphatic rings. The number of carbonyl (C=O) groups is 2. The number of esters is 1. The van der Waals surface area contributed by atoms with Crippen molar-refractivity contribution in [1.29, 1.82) is 5.26 Å². The highest BCUT2D eigenvalue weighted by molar-refractivity contribution is 7.15. The van der Waals surface area contributed by atoms with E-state index >= 15 is 0 Å². The number of anilines is 1. The molecule has 1 aromatic carbocycles. The third-order valence-electron chi connectivity index (χ3n) is 4.61. The molecule has 6 nitrogen and oxygen atoms in total. The van der Waals surface area contributed by atoms with Crippen LogP contribution >= 0.6 is 22.7 Å². The van der Waals surface area contributed by atoms with Crippen molar-refractivity contribution >= 4 is 40.4 Å². The van der Waals surface area contributed by atoms with E-state index in [9.17, 15) is 14.9 Å². The van der Waals surface area contributed by atoms with Gasteiger partial charge in [0.2, 0.25) is 0 Å². The van der Waals surface area contributed by atoms with E-state index in [-0.39, 0.29) is 6.61 Å². The summed E-state index contributed by atoms with van der Waals surface area (Å²) < 4.78 is 10.6. The van der Waals surface area contributed by atoms with E-state index in [2.05, 4.69) is 11.4 Å². The van der Waals surface area contributed by atoms with Crippen molar-refractivity contribution in [3.05, 3.63) is 51.0 Å². The van der Waals surface area contributed by atoms with Crippen molar-refractivity contribution in [2.24, 2.45) is 0 Å². The zero-order chi connectivity index (χ0) is 24.2. The van der Waals surface area contributed by atoms with Crippen LogP contribution in [0.1, 0.15) is 54.7 Å². The lowest BCUT2D eigenvalue weighted by molar-refractivity contribution is 0.0532. The van der Waals surface area contributed by atoms with E-state index in [1.165, 1.54) is 22.7 Å². The number of nitrogens with zero attached hydrogens (tertiary/aromatic N) is 1. The predicted octanol–water partition coefficient (Wildman–Crippen LogP) is 7.10. The number of hydrogen-bond donors (Lipinski definition) is 1. The van der Waals surface area contributed by atoms with Crippen molar-refractivity contribution in [1.82, 2.24) is 0 Å². The lowest BCUT2D eigenvalue weighted by Crippen LogP contribution is -2.27. The van der Waals surface area contributed by atoms with Gasteiger partial charge in [0, 0.05) is 10.4 Å². The third kappa shape index (κ3) is 5.62. The number of ether oxygens (including phenoxy) is 2. The van der Waals surface area contributed by atoms with Crippen molar-refractivity contribution < 1.29 is 19.1 Å². The molecule has 33 heavy (non-hydrogen) atoms. The molecular formula is C25H26N2O4S2. The molecule has 0 aliphatic carbocycles. The first-order chi connectivity index (χ1) is 15.7. The third-order valence-corrected chi connectivity index (χ3v) is 6.89. The van der Waals surface area contributed by atoms with E-state index in [4.69, 9.17) is 9.47 Å². The van der Waals surface area contributed by atoms with Crippen molar-refractivity contribution in [3.8, 4) is 27.6 Å². The maximum atomic E-state index is 12.6. The largest absolute Gasteiger partial charge is 0.462 e. The second-order valence-corrected chi connectivity index (χ2v) is 10.2. The first-order valence-corrected chi connectivity index (χ1v) is 12.3. The van der Waals surface area contributed by atoms with Gasteiger partial charge in [0.1, 0.15) is 16.5 Å². The van der Waals surface area contributed by atoms with Gasteiger partial charge in [0.05, 0.1) is 22.7 Å². The fraction of sp³-hybridized carbons (Fsp3) is 0.320. The van der Waals surface area contributed by atoms with Crippen LogP contribution in [0.3, 0.4) is 0 Å². The van der Waals surface area contributed by atoms with Crippen LogP contribution in [0, 0.1) is 11.3 Å². The van der Waals surface area contributed by atoms with Crippen LogP contribution in [-0.2, 0) is 15.9 Å². The second-order valence-electron chi connectivity index (χ2n) is 8.16. The fourth-order valence-electron chi connectivity index (χ4n) is 3.29. The molecule has 1 N–H and O–H groups in total. The molecule has 0 atom stereocenters. The number of carbonyl (C=O) groups excluding carboxylic acids is 2. The summed E-state index contributed by atoms with van der Waals surface area (Å²) in [5, 5.41) is 14.5. The highest BCUT2D eigenvalue weighted by atomic mass is 32.1. The summed E-state index contributed by atoms with van der Waals surface area (Å²) >= 11 is 2.81. The number of thiophene rings is 2. The van der Waals surface area contributed by atoms with Gasteiger partial charge in [0.25, 0.3) is 0 Å². The minimum atomic E-state index is -0.588. The van der Waals surface area contributed by atoms with Crippen LogP contribution in [-0.4, -0.2) is 24.3 Å². The van der Waals surface area contributed by atoms with Crippen LogP contribution < -0.4 is 5.32 Å². The number of amides is 1. The lowest BCUT2D eigenvalue weighted by atomic mass is 9.98. The number of benzene rings is 1. The quantitative estimate of drug-likeness (QED) is 0.379. The Morgan fingerprint density at radius 2 is 1.76 bits per heavy atom.